The fourth-order valence-corrected chi connectivity index (χ4v) is 3.16. The Morgan fingerprint density at radius 2 is 1.23 bits per heavy atom. The highest BCUT2D eigenvalue weighted by molar-refractivity contribution is 5.27. The molecule has 0 saturated heterocycles. The van der Waals surface area contributed by atoms with E-state index < -0.39 is 23.7 Å². The zero-order chi connectivity index (χ0) is 9.43. The number of alkyl halides is 4. The van der Waals surface area contributed by atoms with Gasteiger partial charge >= 0.3 is 11.8 Å². The van der Waals surface area contributed by atoms with Gasteiger partial charge in [-0.3, -0.25) is 0 Å². The summed E-state index contributed by atoms with van der Waals surface area (Å²) < 4.78 is 51.8. The van der Waals surface area contributed by atoms with Crippen LogP contribution in [0.2, 0.25) is 0 Å². The lowest BCUT2D eigenvalue weighted by atomic mass is 9.61. The maximum Gasteiger partial charge on any atom is 0.314 e. The Kier molecular flexibility index (Phi) is 1.08. The molecule has 3 rings (SSSR count). The van der Waals surface area contributed by atoms with Gasteiger partial charge in [0.25, 0.3) is 0 Å². The van der Waals surface area contributed by atoms with E-state index in [2.05, 4.69) is 0 Å². The lowest BCUT2D eigenvalue weighted by Gasteiger charge is -2.51. The summed E-state index contributed by atoms with van der Waals surface area (Å²) >= 11 is 0. The second-order valence-corrected chi connectivity index (χ2v) is 4.25. The predicted molar refractivity (Wildman–Crippen MR) is 37.6 cm³/mol. The van der Waals surface area contributed by atoms with Crippen LogP contribution in [0.15, 0.2) is 12.2 Å². The molecule has 2 saturated carbocycles. The monoisotopic (exact) mass is 192 g/mol. The highest BCUT2D eigenvalue weighted by Crippen LogP contribution is 2.71. The zero-order valence-corrected chi connectivity index (χ0v) is 6.68. The van der Waals surface area contributed by atoms with Crippen LogP contribution in [0.3, 0.4) is 0 Å². The average Bonchev–Trinajstić information content (AvgIpc) is 2.60. The smallest absolute Gasteiger partial charge is 0.200 e. The van der Waals surface area contributed by atoms with E-state index in [-0.39, 0.29) is 11.8 Å². The van der Waals surface area contributed by atoms with Gasteiger partial charge in [-0.05, 0) is 18.3 Å². The summed E-state index contributed by atoms with van der Waals surface area (Å²) in [6.07, 6.45) is 3.85. The van der Waals surface area contributed by atoms with Crippen LogP contribution in [0.1, 0.15) is 6.42 Å². The Morgan fingerprint density at radius 1 is 0.846 bits per heavy atom. The summed E-state index contributed by atoms with van der Waals surface area (Å²) in [5, 5.41) is 0. The van der Waals surface area contributed by atoms with Crippen LogP contribution in [0, 0.1) is 23.7 Å². The number of allylic oxidation sites excluding steroid dienone is 2. The number of fused-ring (bicyclic) bond motifs is 5. The van der Waals surface area contributed by atoms with Crippen molar-refractivity contribution < 1.29 is 17.6 Å². The second kappa shape index (κ2) is 1.79. The lowest BCUT2D eigenvalue weighted by Crippen LogP contribution is -2.67. The molecule has 2 fully saturated rings. The number of hydrogen-bond acceptors (Lipinski definition) is 0. The van der Waals surface area contributed by atoms with E-state index in [1.165, 1.54) is 0 Å². The van der Waals surface area contributed by atoms with Crippen molar-refractivity contribution >= 4 is 0 Å². The molecular formula is C9H8F4. The van der Waals surface area contributed by atoms with Crippen molar-refractivity contribution in [3.8, 4) is 0 Å². The fourth-order valence-electron chi connectivity index (χ4n) is 3.16. The van der Waals surface area contributed by atoms with E-state index in [0.29, 0.717) is 6.42 Å². The molecule has 0 spiro atoms. The summed E-state index contributed by atoms with van der Waals surface area (Å²) in [6, 6.07) is 0. The van der Waals surface area contributed by atoms with E-state index in [0.717, 1.165) is 0 Å². The van der Waals surface area contributed by atoms with Crippen LogP contribution in [-0.4, -0.2) is 11.8 Å². The Labute approximate surface area is 72.6 Å². The van der Waals surface area contributed by atoms with E-state index in [1.807, 2.05) is 0 Å². The molecule has 13 heavy (non-hydrogen) atoms. The molecule has 0 heterocycles. The van der Waals surface area contributed by atoms with Crippen molar-refractivity contribution in [3.05, 3.63) is 12.2 Å². The minimum absolute atomic E-state index is 0.301. The van der Waals surface area contributed by atoms with Crippen molar-refractivity contribution in [2.75, 3.05) is 0 Å². The molecule has 72 valence electrons. The topological polar surface area (TPSA) is 0 Å². The van der Waals surface area contributed by atoms with Crippen LogP contribution >= 0.6 is 0 Å². The van der Waals surface area contributed by atoms with Crippen molar-refractivity contribution in [1.82, 2.24) is 0 Å². The van der Waals surface area contributed by atoms with Gasteiger partial charge in [0.05, 0.1) is 0 Å². The molecule has 0 N–H and O–H groups in total. The van der Waals surface area contributed by atoms with E-state index >= 15 is 0 Å². The van der Waals surface area contributed by atoms with Crippen molar-refractivity contribution in [1.29, 1.82) is 0 Å². The molecule has 3 aliphatic rings. The highest BCUT2D eigenvalue weighted by Gasteiger charge is 2.83. The quantitative estimate of drug-likeness (QED) is 0.409. The third kappa shape index (κ3) is 0.597. The van der Waals surface area contributed by atoms with E-state index in [1.54, 1.807) is 12.2 Å². The van der Waals surface area contributed by atoms with Crippen molar-refractivity contribution in [2.24, 2.45) is 23.7 Å². The largest absolute Gasteiger partial charge is 0.314 e. The van der Waals surface area contributed by atoms with Gasteiger partial charge in [-0.25, -0.2) is 0 Å². The first-order valence-electron chi connectivity index (χ1n) is 4.40. The first kappa shape index (κ1) is 7.83. The van der Waals surface area contributed by atoms with Crippen LogP contribution < -0.4 is 0 Å². The molecule has 0 unspecified atom stereocenters. The molecule has 4 atom stereocenters. The van der Waals surface area contributed by atoms with Gasteiger partial charge in [0.15, 0.2) is 0 Å². The first-order valence-corrected chi connectivity index (χ1v) is 4.40. The molecule has 0 nitrogen and oxygen atoms in total. The van der Waals surface area contributed by atoms with Crippen LogP contribution in [0.5, 0.6) is 0 Å². The second-order valence-electron chi connectivity index (χ2n) is 4.25. The number of rotatable bonds is 0. The summed E-state index contributed by atoms with van der Waals surface area (Å²) in [6.45, 7) is 0. The molecule has 0 aromatic carbocycles. The van der Waals surface area contributed by atoms with Gasteiger partial charge in [0.1, 0.15) is 0 Å². The minimum Gasteiger partial charge on any atom is -0.200 e. The maximum absolute atomic E-state index is 12.9. The average molecular weight is 192 g/mol. The summed E-state index contributed by atoms with van der Waals surface area (Å²) in [5.41, 5.74) is 0. The molecular weight excluding hydrogens is 184 g/mol. The number of hydrogen-bond donors (Lipinski definition) is 0. The van der Waals surface area contributed by atoms with Gasteiger partial charge in [-0.2, -0.15) is 17.6 Å². The lowest BCUT2D eigenvalue weighted by molar-refractivity contribution is -0.355. The van der Waals surface area contributed by atoms with Gasteiger partial charge in [0, 0.05) is 11.8 Å². The van der Waals surface area contributed by atoms with E-state index in [4.69, 9.17) is 0 Å². The summed E-state index contributed by atoms with van der Waals surface area (Å²) in [4.78, 5) is 0. The Balaban J connectivity index is 2.04. The van der Waals surface area contributed by atoms with Gasteiger partial charge in [0.2, 0.25) is 0 Å². The molecule has 0 radical (unpaired) electrons. The molecule has 3 aliphatic carbocycles. The summed E-state index contributed by atoms with van der Waals surface area (Å²) in [5.74, 6) is -10.3. The minimum atomic E-state index is -3.76. The Hall–Kier alpha value is -0.540. The molecule has 0 aromatic heterocycles. The third-order valence-corrected chi connectivity index (χ3v) is 3.74. The van der Waals surface area contributed by atoms with Crippen LogP contribution in [-0.2, 0) is 0 Å². The van der Waals surface area contributed by atoms with Crippen molar-refractivity contribution in [2.45, 2.75) is 18.3 Å². The van der Waals surface area contributed by atoms with Gasteiger partial charge in [-0.15, -0.1) is 0 Å². The molecule has 4 heteroatoms. The third-order valence-electron chi connectivity index (χ3n) is 3.74. The fraction of sp³-hybridized carbons (Fsp3) is 0.778. The molecule has 0 amide bonds. The van der Waals surface area contributed by atoms with Crippen LogP contribution in [0.4, 0.5) is 17.6 Å². The Bertz CT molecular complexity index is 266. The van der Waals surface area contributed by atoms with Gasteiger partial charge < -0.3 is 0 Å². The SMILES string of the molecule is FC1(F)[C@@H]2[C@@H]([C@H]3C=C[C@@H]2C3)C1(F)F. The standard InChI is InChI=1S/C9H8F4/c10-8(11)6-4-1-2-5(3-4)7(6)9(8,12)13/h1-2,4-7H,3H2/t4-,5+,6+,7-. The highest BCUT2D eigenvalue weighted by atomic mass is 19.3. The molecule has 2 bridgehead atoms. The summed E-state index contributed by atoms with van der Waals surface area (Å²) in [7, 11) is 0. The maximum atomic E-state index is 12.9. The molecule has 0 aromatic rings. The number of halogens is 4. The first-order chi connectivity index (χ1) is 5.96. The van der Waals surface area contributed by atoms with E-state index in [9.17, 15) is 17.6 Å². The Morgan fingerprint density at radius 3 is 1.62 bits per heavy atom. The van der Waals surface area contributed by atoms with Crippen LogP contribution in [0.25, 0.3) is 0 Å². The van der Waals surface area contributed by atoms with Gasteiger partial charge in [-0.1, -0.05) is 12.2 Å². The normalized spacial score (nSPS) is 53.2. The predicted octanol–water partition coefficient (Wildman–Crippen LogP) is 2.71. The molecule has 0 aliphatic heterocycles. The zero-order valence-electron chi connectivity index (χ0n) is 6.68. The van der Waals surface area contributed by atoms with Crippen molar-refractivity contribution in [3.63, 3.8) is 0 Å².